The Morgan fingerprint density at radius 2 is 2.29 bits per heavy atom. The van der Waals surface area contributed by atoms with Crippen LogP contribution in [-0.4, -0.2) is 19.6 Å². The van der Waals surface area contributed by atoms with Crippen molar-refractivity contribution in [1.29, 1.82) is 0 Å². The summed E-state index contributed by atoms with van der Waals surface area (Å²) in [5.41, 5.74) is 5.53. The van der Waals surface area contributed by atoms with Gasteiger partial charge in [-0.25, -0.2) is 4.39 Å². The molecule has 0 spiro atoms. The summed E-state index contributed by atoms with van der Waals surface area (Å²) in [5, 5.41) is 2.67. The van der Waals surface area contributed by atoms with Crippen molar-refractivity contribution in [3.8, 4) is 5.75 Å². The van der Waals surface area contributed by atoms with E-state index in [9.17, 15) is 9.18 Å². The van der Waals surface area contributed by atoms with Gasteiger partial charge in [-0.15, -0.1) is 0 Å². The molecule has 0 aromatic heterocycles. The average molecular weight is 238 g/mol. The number of rotatable bonds is 4. The molecule has 0 radical (unpaired) electrons. The number of halogens is 1. The molecule has 1 fully saturated rings. The minimum Gasteiger partial charge on any atom is -0.494 e. The highest BCUT2D eigenvalue weighted by molar-refractivity contribution is 5.97. The normalized spacial score (nSPS) is 16.4. The van der Waals surface area contributed by atoms with E-state index in [1.807, 2.05) is 0 Å². The van der Waals surface area contributed by atoms with E-state index < -0.39 is 11.2 Å². The average Bonchev–Trinajstić information content (AvgIpc) is 3.10. The Kier molecular flexibility index (Phi) is 3.02. The van der Waals surface area contributed by atoms with Crippen LogP contribution in [0, 0.1) is 11.2 Å². The zero-order chi connectivity index (χ0) is 12.5. The number of carbonyl (C=O) groups is 1. The van der Waals surface area contributed by atoms with Crippen molar-refractivity contribution in [3.05, 3.63) is 24.0 Å². The molecular formula is C12H15FN2O2. The molecule has 1 aliphatic carbocycles. The predicted molar refractivity (Wildman–Crippen MR) is 62.3 cm³/mol. The van der Waals surface area contributed by atoms with E-state index in [1.165, 1.54) is 19.2 Å². The van der Waals surface area contributed by atoms with Crippen LogP contribution in [0.2, 0.25) is 0 Å². The van der Waals surface area contributed by atoms with Crippen molar-refractivity contribution in [1.82, 2.24) is 0 Å². The number of methoxy groups -OCH3 is 1. The molecule has 5 heteroatoms. The smallest absolute Gasteiger partial charge is 0.231 e. The second-order valence-corrected chi connectivity index (χ2v) is 4.29. The minimum absolute atomic E-state index is 0.135. The first-order chi connectivity index (χ1) is 8.11. The number of benzene rings is 1. The van der Waals surface area contributed by atoms with Crippen LogP contribution in [0.4, 0.5) is 10.1 Å². The summed E-state index contributed by atoms with van der Waals surface area (Å²) in [7, 11) is 1.39. The van der Waals surface area contributed by atoms with Gasteiger partial charge in [0.2, 0.25) is 5.91 Å². The van der Waals surface area contributed by atoms with E-state index in [-0.39, 0.29) is 11.7 Å². The molecule has 4 nitrogen and oxygen atoms in total. The van der Waals surface area contributed by atoms with Gasteiger partial charge in [0.05, 0.1) is 12.5 Å². The lowest BCUT2D eigenvalue weighted by molar-refractivity contribution is -0.120. The molecule has 0 saturated heterocycles. The van der Waals surface area contributed by atoms with Gasteiger partial charge in [-0.1, -0.05) is 0 Å². The molecule has 92 valence electrons. The Labute approximate surface area is 98.9 Å². The van der Waals surface area contributed by atoms with E-state index in [0.717, 1.165) is 12.8 Å². The van der Waals surface area contributed by atoms with Crippen LogP contribution >= 0.6 is 0 Å². The third-order valence-electron chi connectivity index (χ3n) is 3.14. The van der Waals surface area contributed by atoms with Crippen molar-refractivity contribution in [2.24, 2.45) is 11.1 Å². The second-order valence-electron chi connectivity index (χ2n) is 4.29. The number of amides is 1. The fraction of sp³-hybridized carbons (Fsp3) is 0.417. The van der Waals surface area contributed by atoms with Crippen LogP contribution in [0.25, 0.3) is 0 Å². The molecule has 2 rings (SSSR count). The topological polar surface area (TPSA) is 64.3 Å². The highest BCUT2D eigenvalue weighted by atomic mass is 19.1. The maximum Gasteiger partial charge on any atom is 0.231 e. The predicted octanol–water partition coefficient (Wildman–Crippen LogP) is 1.51. The highest BCUT2D eigenvalue weighted by Gasteiger charge is 2.48. The van der Waals surface area contributed by atoms with Gasteiger partial charge in [-0.05, 0) is 25.0 Å². The fourth-order valence-electron chi connectivity index (χ4n) is 1.68. The summed E-state index contributed by atoms with van der Waals surface area (Å²) in [6.07, 6.45) is 1.60. The molecular weight excluding hydrogens is 223 g/mol. The van der Waals surface area contributed by atoms with Crippen molar-refractivity contribution in [2.45, 2.75) is 12.8 Å². The number of hydrogen-bond acceptors (Lipinski definition) is 3. The van der Waals surface area contributed by atoms with Crippen molar-refractivity contribution < 1.29 is 13.9 Å². The maximum absolute atomic E-state index is 13.4. The monoisotopic (exact) mass is 238 g/mol. The molecule has 0 unspecified atom stereocenters. The molecule has 1 aromatic rings. The first kappa shape index (κ1) is 11.9. The Hall–Kier alpha value is -1.62. The van der Waals surface area contributed by atoms with Crippen molar-refractivity contribution in [2.75, 3.05) is 19.0 Å². The van der Waals surface area contributed by atoms with Crippen LogP contribution in [0.1, 0.15) is 12.8 Å². The zero-order valence-corrected chi connectivity index (χ0v) is 9.63. The number of hydrogen-bond donors (Lipinski definition) is 2. The summed E-state index contributed by atoms with van der Waals surface area (Å²) in [4.78, 5) is 11.8. The van der Waals surface area contributed by atoms with E-state index >= 15 is 0 Å². The molecule has 17 heavy (non-hydrogen) atoms. The highest BCUT2D eigenvalue weighted by Crippen LogP contribution is 2.45. The van der Waals surface area contributed by atoms with Crippen molar-refractivity contribution >= 4 is 11.6 Å². The molecule has 1 saturated carbocycles. The summed E-state index contributed by atoms with van der Waals surface area (Å²) in [6.45, 7) is 0.331. The molecule has 1 amide bonds. The molecule has 0 heterocycles. The number of nitrogens with two attached hydrogens (primary N) is 1. The van der Waals surface area contributed by atoms with E-state index in [4.69, 9.17) is 10.5 Å². The Bertz CT molecular complexity index is 444. The first-order valence-corrected chi connectivity index (χ1v) is 5.46. The summed E-state index contributed by atoms with van der Waals surface area (Å²) >= 11 is 0. The molecule has 0 bridgehead atoms. The molecule has 0 atom stereocenters. The lowest BCUT2D eigenvalue weighted by atomic mass is 10.1. The Balaban J connectivity index is 2.09. The van der Waals surface area contributed by atoms with Gasteiger partial charge in [-0.3, -0.25) is 4.79 Å². The molecule has 1 aliphatic rings. The van der Waals surface area contributed by atoms with Gasteiger partial charge in [0, 0.05) is 18.3 Å². The van der Waals surface area contributed by atoms with E-state index in [1.54, 1.807) is 6.07 Å². The van der Waals surface area contributed by atoms with E-state index in [2.05, 4.69) is 5.32 Å². The zero-order valence-electron chi connectivity index (χ0n) is 9.63. The number of ether oxygens (including phenoxy) is 1. The fourth-order valence-corrected chi connectivity index (χ4v) is 1.68. The summed E-state index contributed by atoms with van der Waals surface area (Å²) in [5.74, 6) is -0.476. The lowest BCUT2D eigenvalue weighted by Crippen LogP contribution is -2.30. The molecule has 0 aliphatic heterocycles. The standard InChI is InChI=1S/C12H15FN2O2/c1-17-10-3-2-8(6-9(10)13)15-11(16)12(7-14)4-5-12/h2-3,6H,4-5,7,14H2,1H3,(H,15,16). The second kappa shape index (κ2) is 4.33. The third kappa shape index (κ3) is 2.24. The van der Waals surface area contributed by atoms with Gasteiger partial charge >= 0.3 is 0 Å². The largest absolute Gasteiger partial charge is 0.494 e. The third-order valence-corrected chi connectivity index (χ3v) is 3.14. The molecule has 1 aromatic carbocycles. The maximum atomic E-state index is 13.4. The van der Waals surface area contributed by atoms with Gasteiger partial charge in [0.1, 0.15) is 0 Å². The van der Waals surface area contributed by atoms with Crippen LogP contribution in [-0.2, 0) is 4.79 Å². The quantitative estimate of drug-likeness (QED) is 0.835. The minimum atomic E-state index is -0.497. The molecule has 3 N–H and O–H groups in total. The SMILES string of the molecule is COc1ccc(NC(=O)C2(CN)CC2)cc1F. The Morgan fingerprint density at radius 1 is 1.59 bits per heavy atom. The van der Waals surface area contributed by atoms with Crippen LogP contribution in [0.3, 0.4) is 0 Å². The first-order valence-electron chi connectivity index (χ1n) is 5.46. The van der Waals surface area contributed by atoms with Gasteiger partial charge in [-0.2, -0.15) is 0 Å². The van der Waals surface area contributed by atoms with Crippen LogP contribution in [0.5, 0.6) is 5.75 Å². The lowest BCUT2D eigenvalue weighted by Gasteiger charge is -2.13. The summed E-state index contributed by atoms with van der Waals surface area (Å²) < 4.78 is 18.2. The van der Waals surface area contributed by atoms with Crippen LogP contribution in [0.15, 0.2) is 18.2 Å². The van der Waals surface area contributed by atoms with Crippen molar-refractivity contribution in [3.63, 3.8) is 0 Å². The number of nitrogens with one attached hydrogen (secondary N) is 1. The summed E-state index contributed by atoms with van der Waals surface area (Å²) in [6, 6.07) is 4.32. The van der Waals surface area contributed by atoms with Gasteiger partial charge in [0.15, 0.2) is 11.6 Å². The Morgan fingerprint density at radius 3 is 2.76 bits per heavy atom. The number of carbonyl (C=O) groups excluding carboxylic acids is 1. The van der Waals surface area contributed by atoms with Gasteiger partial charge in [0.25, 0.3) is 0 Å². The van der Waals surface area contributed by atoms with Crippen LogP contribution < -0.4 is 15.8 Å². The van der Waals surface area contributed by atoms with Gasteiger partial charge < -0.3 is 15.8 Å². The number of anilines is 1. The van der Waals surface area contributed by atoms with E-state index in [0.29, 0.717) is 12.2 Å².